The molecule has 0 aliphatic heterocycles. The number of nitro benzene ring substituents is 1. The highest BCUT2D eigenvalue weighted by Crippen LogP contribution is 2.31. The van der Waals surface area contributed by atoms with Gasteiger partial charge in [-0.3, -0.25) is 20.3 Å². The van der Waals surface area contributed by atoms with E-state index >= 15 is 0 Å². The zero-order valence-corrected chi connectivity index (χ0v) is 17.9. The quantitative estimate of drug-likeness (QED) is 0.293. The van der Waals surface area contributed by atoms with Crippen LogP contribution in [0, 0.1) is 15.9 Å². The summed E-state index contributed by atoms with van der Waals surface area (Å²) in [4.78, 5) is 10.1. The third-order valence-electron chi connectivity index (χ3n) is 4.42. The van der Waals surface area contributed by atoms with Gasteiger partial charge in [0.15, 0.2) is 0 Å². The van der Waals surface area contributed by atoms with E-state index in [2.05, 4.69) is 15.2 Å². The third-order valence-corrected chi connectivity index (χ3v) is 5.83. The van der Waals surface area contributed by atoms with E-state index in [4.69, 9.17) is 4.74 Å². The van der Waals surface area contributed by atoms with Crippen molar-refractivity contribution < 1.29 is 22.5 Å². The lowest BCUT2D eigenvalue weighted by molar-refractivity contribution is -0.385. The average Bonchev–Trinajstić information content (AvgIpc) is 2.77. The lowest BCUT2D eigenvalue weighted by atomic mass is 10.1. The van der Waals surface area contributed by atoms with Crippen molar-refractivity contribution in [3.8, 4) is 5.75 Å². The number of nitrogens with zero attached hydrogens (tertiary/aromatic N) is 2. The van der Waals surface area contributed by atoms with Gasteiger partial charge in [0.25, 0.3) is 15.7 Å². The van der Waals surface area contributed by atoms with Gasteiger partial charge in [0, 0.05) is 12.1 Å². The minimum atomic E-state index is -4.27. The van der Waals surface area contributed by atoms with E-state index < -0.39 is 26.5 Å². The number of hydrogen-bond donors (Lipinski definition) is 2. The molecule has 0 bridgehead atoms. The van der Waals surface area contributed by atoms with E-state index in [1.165, 1.54) is 43.5 Å². The molecule has 0 unspecified atom stereocenters. The topological polar surface area (TPSA) is 123 Å². The lowest BCUT2D eigenvalue weighted by Crippen LogP contribution is -2.16. The number of para-hydroxylation sites is 2. The Bertz CT molecular complexity index is 1280. The molecule has 0 saturated carbocycles. The Morgan fingerprint density at radius 1 is 1.06 bits per heavy atom. The summed E-state index contributed by atoms with van der Waals surface area (Å²) in [6, 6.07) is 15.3. The Balaban J connectivity index is 2.00. The molecule has 0 aliphatic rings. The zero-order chi connectivity index (χ0) is 23.3. The average molecular weight is 458 g/mol. The first-order valence-corrected chi connectivity index (χ1v) is 10.7. The van der Waals surface area contributed by atoms with Crippen molar-refractivity contribution in [2.24, 2.45) is 5.10 Å². The maximum atomic E-state index is 13.1. The normalized spacial score (nSPS) is 11.7. The van der Waals surface area contributed by atoms with Gasteiger partial charge in [-0.2, -0.15) is 5.10 Å². The number of sulfonamides is 1. The van der Waals surface area contributed by atoms with Crippen LogP contribution < -0.4 is 14.9 Å². The molecule has 0 atom stereocenters. The van der Waals surface area contributed by atoms with Crippen molar-refractivity contribution >= 4 is 32.8 Å². The molecule has 3 aromatic rings. The van der Waals surface area contributed by atoms with E-state index in [1.54, 1.807) is 25.1 Å². The third kappa shape index (κ3) is 5.19. The second-order valence-corrected chi connectivity index (χ2v) is 8.21. The second-order valence-electron chi connectivity index (χ2n) is 6.56. The molecule has 0 amide bonds. The molecule has 0 heterocycles. The smallest absolute Gasteiger partial charge is 0.270 e. The van der Waals surface area contributed by atoms with Gasteiger partial charge in [0.05, 0.1) is 29.1 Å². The van der Waals surface area contributed by atoms with Gasteiger partial charge in [-0.1, -0.05) is 24.3 Å². The number of methoxy groups -OCH3 is 1. The highest BCUT2D eigenvalue weighted by molar-refractivity contribution is 7.93. The van der Waals surface area contributed by atoms with E-state index in [9.17, 15) is 22.9 Å². The predicted octanol–water partition coefficient (Wildman–Crippen LogP) is 4.38. The number of nitrogens with one attached hydrogen (secondary N) is 2. The summed E-state index contributed by atoms with van der Waals surface area (Å²) in [5, 5.41) is 15.4. The first kappa shape index (κ1) is 22.7. The lowest BCUT2D eigenvalue weighted by Gasteiger charge is -2.14. The fourth-order valence-electron chi connectivity index (χ4n) is 2.77. The van der Waals surface area contributed by atoms with Crippen LogP contribution in [0.15, 0.2) is 76.7 Å². The minimum absolute atomic E-state index is 0.0134. The molecular formula is C21H19FN4O5S. The maximum Gasteiger partial charge on any atom is 0.270 e. The molecule has 3 aromatic carbocycles. The molecule has 0 spiro atoms. The fourth-order valence-corrected chi connectivity index (χ4v) is 4.01. The van der Waals surface area contributed by atoms with Crippen molar-refractivity contribution in [1.29, 1.82) is 0 Å². The van der Waals surface area contributed by atoms with Gasteiger partial charge in [0.1, 0.15) is 16.5 Å². The highest BCUT2D eigenvalue weighted by Gasteiger charge is 2.24. The molecule has 0 aliphatic carbocycles. The molecule has 0 radical (unpaired) electrons. The van der Waals surface area contributed by atoms with Crippen LogP contribution in [0.25, 0.3) is 0 Å². The first-order valence-electron chi connectivity index (χ1n) is 9.22. The molecule has 0 fully saturated rings. The van der Waals surface area contributed by atoms with Gasteiger partial charge < -0.3 is 4.74 Å². The van der Waals surface area contributed by atoms with Crippen LogP contribution in [0.4, 0.5) is 21.5 Å². The molecule has 9 nitrogen and oxygen atoms in total. The molecule has 32 heavy (non-hydrogen) atoms. The number of hydrazone groups is 1. The number of ether oxygens (including phenoxy) is 1. The number of rotatable bonds is 8. The Morgan fingerprint density at radius 3 is 2.41 bits per heavy atom. The van der Waals surface area contributed by atoms with Gasteiger partial charge >= 0.3 is 0 Å². The van der Waals surface area contributed by atoms with Crippen molar-refractivity contribution in [2.75, 3.05) is 17.3 Å². The zero-order valence-electron chi connectivity index (χ0n) is 17.1. The monoisotopic (exact) mass is 458 g/mol. The van der Waals surface area contributed by atoms with Crippen molar-refractivity contribution in [1.82, 2.24) is 0 Å². The summed E-state index contributed by atoms with van der Waals surface area (Å²) in [5.41, 5.74) is 3.46. The van der Waals surface area contributed by atoms with Crippen LogP contribution in [0.5, 0.6) is 5.75 Å². The summed E-state index contributed by atoms with van der Waals surface area (Å²) >= 11 is 0. The Morgan fingerprint density at radius 2 is 1.75 bits per heavy atom. The molecule has 2 N–H and O–H groups in total. The van der Waals surface area contributed by atoms with Gasteiger partial charge in [-0.05, 0) is 42.8 Å². The van der Waals surface area contributed by atoms with E-state index in [1.807, 2.05) is 0 Å². The van der Waals surface area contributed by atoms with Gasteiger partial charge in [-0.15, -0.1) is 0 Å². The summed E-state index contributed by atoms with van der Waals surface area (Å²) in [5.74, 6) is -0.123. The Labute approximate surface area is 183 Å². The molecule has 0 aromatic heterocycles. The standard InChI is InChI=1S/C21H19FN4O5S/c1-14(15-7-9-16(22)10-8-15)23-24-19-12-11-17(26(27)28)13-21(19)32(29,30)25-18-5-3-4-6-20(18)31-2/h3-13,24-25H,1-2H3/b23-14+. The second kappa shape index (κ2) is 9.43. The first-order chi connectivity index (χ1) is 15.2. The van der Waals surface area contributed by atoms with Crippen LogP contribution in [-0.2, 0) is 10.0 Å². The van der Waals surface area contributed by atoms with Gasteiger partial charge in [0.2, 0.25) is 0 Å². The molecule has 11 heteroatoms. The van der Waals surface area contributed by atoms with Crippen LogP contribution in [-0.4, -0.2) is 26.2 Å². The number of hydrogen-bond acceptors (Lipinski definition) is 7. The van der Waals surface area contributed by atoms with E-state index in [-0.39, 0.29) is 22.0 Å². The summed E-state index contributed by atoms with van der Waals surface area (Å²) in [7, 11) is -2.88. The molecule has 3 rings (SSSR count). The Hall–Kier alpha value is -3.99. The fraction of sp³-hybridized carbons (Fsp3) is 0.0952. The number of halogens is 1. The SMILES string of the molecule is COc1ccccc1NS(=O)(=O)c1cc([N+](=O)[O-])ccc1N/N=C(\C)c1ccc(F)cc1. The number of benzene rings is 3. The number of anilines is 2. The van der Waals surface area contributed by atoms with Crippen LogP contribution in [0.2, 0.25) is 0 Å². The van der Waals surface area contributed by atoms with Crippen molar-refractivity contribution in [2.45, 2.75) is 11.8 Å². The number of nitro groups is 1. The van der Waals surface area contributed by atoms with Crippen LogP contribution in [0.1, 0.15) is 12.5 Å². The Kier molecular flexibility index (Phi) is 6.69. The molecular weight excluding hydrogens is 439 g/mol. The van der Waals surface area contributed by atoms with E-state index in [0.29, 0.717) is 11.3 Å². The van der Waals surface area contributed by atoms with Crippen molar-refractivity contribution in [3.05, 3.63) is 88.2 Å². The maximum absolute atomic E-state index is 13.1. The molecule has 166 valence electrons. The predicted molar refractivity (Wildman–Crippen MR) is 119 cm³/mol. The van der Waals surface area contributed by atoms with Crippen LogP contribution >= 0.6 is 0 Å². The molecule has 0 saturated heterocycles. The largest absolute Gasteiger partial charge is 0.495 e. The summed E-state index contributed by atoms with van der Waals surface area (Å²) in [6.07, 6.45) is 0. The van der Waals surface area contributed by atoms with Crippen molar-refractivity contribution in [3.63, 3.8) is 0 Å². The number of non-ortho nitro benzene ring substituents is 1. The van der Waals surface area contributed by atoms with E-state index in [0.717, 1.165) is 12.1 Å². The summed E-state index contributed by atoms with van der Waals surface area (Å²) in [6.45, 7) is 1.65. The van der Waals surface area contributed by atoms with Crippen LogP contribution in [0.3, 0.4) is 0 Å². The minimum Gasteiger partial charge on any atom is -0.495 e. The summed E-state index contributed by atoms with van der Waals surface area (Å²) < 4.78 is 46.9. The van der Waals surface area contributed by atoms with Gasteiger partial charge in [-0.25, -0.2) is 12.8 Å². The highest BCUT2D eigenvalue weighted by atomic mass is 32.2.